The number of likely N-dealkylation sites (tertiary alicyclic amines) is 1. The predicted molar refractivity (Wildman–Crippen MR) is 96.1 cm³/mol. The normalized spacial score (nSPS) is 32.5. The number of piperidine rings is 1. The highest BCUT2D eigenvalue weighted by molar-refractivity contribution is 5.74. The zero-order valence-electron chi connectivity index (χ0n) is 15.5. The van der Waals surface area contributed by atoms with Crippen molar-refractivity contribution in [3.63, 3.8) is 0 Å². The summed E-state index contributed by atoms with van der Waals surface area (Å²) in [4.78, 5) is 14.8. The number of ether oxygens (including phenoxy) is 1. The van der Waals surface area contributed by atoms with E-state index in [1.807, 2.05) is 0 Å². The first-order valence-electron chi connectivity index (χ1n) is 9.98. The van der Waals surface area contributed by atoms with E-state index in [0.29, 0.717) is 23.5 Å². The van der Waals surface area contributed by atoms with Crippen LogP contribution in [-0.4, -0.2) is 55.9 Å². The SMILES string of the molecule is CCCC1(CNC(=O)N[C@@H]2CCN(C[C@H]3CCCO3)C[C@@H]2C)CC1. The molecule has 2 heterocycles. The molecule has 0 radical (unpaired) electrons. The van der Waals surface area contributed by atoms with Gasteiger partial charge in [0.25, 0.3) is 0 Å². The van der Waals surface area contributed by atoms with Gasteiger partial charge < -0.3 is 20.3 Å². The number of hydrogen-bond acceptors (Lipinski definition) is 3. The third-order valence-electron chi connectivity index (χ3n) is 6.15. The lowest BCUT2D eigenvalue weighted by atomic mass is 9.93. The zero-order valence-corrected chi connectivity index (χ0v) is 15.5. The van der Waals surface area contributed by atoms with Crippen molar-refractivity contribution in [2.75, 3.05) is 32.8 Å². The summed E-state index contributed by atoms with van der Waals surface area (Å²) in [5, 5.41) is 6.34. The van der Waals surface area contributed by atoms with Crippen molar-refractivity contribution in [2.24, 2.45) is 11.3 Å². The lowest BCUT2D eigenvalue weighted by molar-refractivity contribution is 0.0522. The molecule has 2 amide bonds. The molecule has 0 bridgehead atoms. The Hall–Kier alpha value is -0.810. The molecule has 2 saturated heterocycles. The van der Waals surface area contributed by atoms with Crippen LogP contribution in [0.3, 0.4) is 0 Å². The molecule has 5 nitrogen and oxygen atoms in total. The Labute approximate surface area is 146 Å². The van der Waals surface area contributed by atoms with E-state index in [4.69, 9.17) is 4.74 Å². The van der Waals surface area contributed by atoms with Gasteiger partial charge in [0.1, 0.15) is 0 Å². The molecule has 5 heteroatoms. The van der Waals surface area contributed by atoms with Crippen molar-refractivity contribution in [3.8, 4) is 0 Å². The molecule has 3 atom stereocenters. The fraction of sp³-hybridized carbons (Fsp3) is 0.947. The van der Waals surface area contributed by atoms with E-state index >= 15 is 0 Å². The van der Waals surface area contributed by atoms with Crippen LogP contribution < -0.4 is 10.6 Å². The molecular weight excluding hydrogens is 302 g/mol. The second kappa shape index (κ2) is 8.05. The quantitative estimate of drug-likeness (QED) is 0.751. The van der Waals surface area contributed by atoms with Crippen LogP contribution in [0.1, 0.15) is 58.8 Å². The number of amides is 2. The number of nitrogens with one attached hydrogen (secondary N) is 2. The van der Waals surface area contributed by atoms with Crippen LogP contribution in [0.25, 0.3) is 0 Å². The molecule has 1 aliphatic carbocycles. The molecule has 3 rings (SSSR count). The Kier molecular flexibility index (Phi) is 6.03. The summed E-state index contributed by atoms with van der Waals surface area (Å²) in [6, 6.07) is 0.328. The fourth-order valence-electron chi connectivity index (χ4n) is 4.40. The molecule has 0 aromatic heterocycles. The van der Waals surface area contributed by atoms with Gasteiger partial charge in [0.2, 0.25) is 0 Å². The fourth-order valence-corrected chi connectivity index (χ4v) is 4.40. The molecule has 24 heavy (non-hydrogen) atoms. The van der Waals surface area contributed by atoms with Crippen LogP contribution in [-0.2, 0) is 4.74 Å². The van der Waals surface area contributed by atoms with Gasteiger partial charge in [-0.15, -0.1) is 0 Å². The van der Waals surface area contributed by atoms with E-state index < -0.39 is 0 Å². The molecule has 0 aromatic rings. The lowest BCUT2D eigenvalue weighted by Gasteiger charge is -2.38. The summed E-state index contributed by atoms with van der Waals surface area (Å²) < 4.78 is 5.75. The van der Waals surface area contributed by atoms with E-state index in [1.54, 1.807) is 0 Å². The van der Waals surface area contributed by atoms with Gasteiger partial charge in [0.15, 0.2) is 0 Å². The van der Waals surface area contributed by atoms with Gasteiger partial charge in [0.05, 0.1) is 6.10 Å². The van der Waals surface area contributed by atoms with Gasteiger partial charge >= 0.3 is 6.03 Å². The molecule has 138 valence electrons. The van der Waals surface area contributed by atoms with E-state index in [9.17, 15) is 4.79 Å². The maximum absolute atomic E-state index is 12.2. The Balaban J connectivity index is 1.36. The lowest BCUT2D eigenvalue weighted by Crippen LogP contribution is -2.53. The van der Waals surface area contributed by atoms with Gasteiger partial charge in [-0.25, -0.2) is 4.79 Å². The second-order valence-electron chi connectivity index (χ2n) is 8.34. The van der Waals surface area contributed by atoms with Gasteiger partial charge in [-0.3, -0.25) is 0 Å². The molecular formula is C19H35N3O2. The van der Waals surface area contributed by atoms with E-state index in [-0.39, 0.29) is 6.03 Å². The first-order chi connectivity index (χ1) is 11.6. The minimum Gasteiger partial charge on any atom is -0.377 e. The van der Waals surface area contributed by atoms with Gasteiger partial charge in [-0.2, -0.15) is 0 Å². The number of carbonyl (C=O) groups is 1. The first-order valence-corrected chi connectivity index (χ1v) is 9.98. The van der Waals surface area contributed by atoms with Crippen LogP contribution in [0.5, 0.6) is 0 Å². The zero-order chi connectivity index (χ0) is 17.0. The maximum Gasteiger partial charge on any atom is 0.315 e. The minimum atomic E-state index is 0.0294. The summed E-state index contributed by atoms with van der Waals surface area (Å²) in [5.74, 6) is 0.497. The van der Waals surface area contributed by atoms with E-state index in [2.05, 4.69) is 29.4 Å². The van der Waals surface area contributed by atoms with Crippen molar-refractivity contribution in [1.82, 2.24) is 15.5 Å². The van der Waals surface area contributed by atoms with E-state index in [1.165, 1.54) is 38.5 Å². The highest BCUT2D eigenvalue weighted by Crippen LogP contribution is 2.48. The third-order valence-corrected chi connectivity index (χ3v) is 6.15. The minimum absolute atomic E-state index is 0.0294. The standard InChI is InChI=1S/C19H35N3O2/c1-3-7-19(8-9-19)14-20-18(23)21-17-6-10-22(12-15(17)2)13-16-5-4-11-24-16/h15-17H,3-14H2,1-2H3,(H2,20,21,23)/t15-,16+,17+/m0/s1. The number of rotatable bonds is 7. The van der Waals surface area contributed by atoms with Crippen molar-refractivity contribution in [1.29, 1.82) is 0 Å². The maximum atomic E-state index is 12.2. The molecule has 0 spiro atoms. The van der Waals surface area contributed by atoms with Gasteiger partial charge in [0, 0.05) is 38.8 Å². The summed E-state index contributed by atoms with van der Waals surface area (Å²) in [7, 11) is 0. The highest BCUT2D eigenvalue weighted by Gasteiger charge is 2.41. The number of carbonyl (C=O) groups excluding carboxylic acids is 1. The first kappa shape index (κ1) is 18.0. The van der Waals surface area contributed by atoms with Gasteiger partial charge in [-0.05, 0) is 49.9 Å². The monoisotopic (exact) mass is 337 g/mol. The van der Waals surface area contributed by atoms with Crippen LogP contribution >= 0.6 is 0 Å². The third kappa shape index (κ3) is 4.85. The smallest absolute Gasteiger partial charge is 0.315 e. The number of nitrogens with zero attached hydrogens (tertiary/aromatic N) is 1. The summed E-state index contributed by atoms with van der Waals surface area (Å²) in [6.07, 6.45) is 8.89. The van der Waals surface area contributed by atoms with Crippen molar-refractivity contribution in [2.45, 2.75) is 70.9 Å². The molecule has 2 N–H and O–H groups in total. The van der Waals surface area contributed by atoms with Crippen LogP contribution in [0, 0.1) is 11.3 Å². The Bertz CT molecular complexity index is 419. The van der Waals surface area contributed by atoms with Crippen LogP contribution in [0.2, 0.25) is 0 Å². The van der Waals surface area contributed by atoms with E-state index in [0.717, 1.165) is 39.2 Å². The Morgan fingerprint density at radius 3 is 2.79 bits per heavy atom. The van der Waals surface area contributed by atoms with Gasteiger partial charge in [-0.1, -0.05) is 20.3 Å². The van der Waals surface area contributed by atoms with Crippen LogP contribution in [0.15, 0.2) is 0 Å². The van der Waals surface area contributed by atoms with Crippen molar-refractivity contribution in [3.05, 3.63) is 0 Å². The Morgan fingerprint density at radius 1 is 1.33 bits per heavy atom. The highest BCUT2D eigenvalue weighted by atomic mass is 16.5. The Morgan fingerprint density at radius 2 is 2.17 bits per heavy atom. The molecule has 0 aromatic carbocycles. The average molecular weight is 338 g/mol. The molecule has 2 aliphatic heterocycles. The summed E-state index contributed by atoms with van der Waals surface area (Å²) in [5.41, 5.74) is 0.419. The molecule has 3 fully saturated rings. The molecule has 1 saturated carbocycles. The van der Waals surface area contributed by atoms with Crippen molar-refractivity contribution < 1.29 is 9.53 Å². The summed E-state index contributed by atoms with van der Waals surface area (Å²) in [6.45, 7) is 9.44. The molecule has 0 unspecified atom stereocenters. The second-order valence-corrected chi connectivity index (χ2v) is 8.34. The molecule has 3 aliphatic rings. The predicted octanol–water partition coefficient (Wildman–Crippen LogP) is 2.76. The average Bonchev–Trinajstić information content (AvgIpc) is 3.13. The largest absolute Gasteiger partial charge is 0.377 e. The summed E-state index contributed by atoms with van der Waals surface area (Å²) >= 11 is 0. The van der Waals surface area contributed by atoms with Crippen molar-refractivity contribution >= 4 is 6.03 Å². The number of hydrogen-bond donors (Lipinski definition) is 2. The van der Waals surface area contributed by atoms with Crippen LogP contribution in [0.4, 0.5) is 4.79 Å². The topological polar surface area (TPSA) is 53.6 Å². The number of urea groups is 1.